The van der Waals surface area contributed by atoms with E-state index in [0.29, 0.717) is 5.41 Å². The second-order valence-electron chi connectivity index (χ2n) is 5.06. The van der Waals surface area contributed by atoms with Gasteiger partial charge in [-0.15, -0.1) is 11.8 Å². The van der Waals surface area contributed by atoms with Gasteiger partial charge in [0.25, 0.3) is 0 Å². The van der Waals surface area contributed by atoms with Crippen molar-refractivity contribution in [3.63, 3.8) is 0 Å². The number of aryl methyl sites for hydroxylation is 1. The van der Waals surface area contributed by atoms with Crippen molar-refractivity contribution in [1.29, 1.82) is 0 Å². The fourth-order valence-corrected chi connectivity index (χ4v) is 3.81. The molecule has 0 amide bonds. The largest absolute Gasteiger partial charge is 0.126 e. The fourth-order valence-electron chi connectivity index (χ4n) is 2.24. The minimum absolute atomic E-state index is 0.380. The third kappa shape index (κ3) is 2.23. The van der Waals surface area contributed by atoms with Crippen molar-refractivity contribution >= 4 is 11.8 Å². The zero-order chi connectivity index (χ0) is 10.9. The van der Waals surface area contributed by atoms with Gasteiger partial charge in [0.2, 0.25) is 0 Å². The Bertz CT molecular complexity index is 352. The highest BCUT2D eigenvalue weighted by Crippen LogP contribution is 2.41. The first kappa shape index (κ1) is 11.1. The Balaban J connectivity index is 2.36. The highest BCUT2D eigenvalue weighted by atomic mass is 32.2. The number of rotatable bonds is 2. The molecule has 0 bridgehead atoms. The number of benzene rings is 1. The SMILES string of the molecule is CCCc1ccc2c(c1)SCCC2(C)C. The lowest BCUT2D eigenvalue weighted by atomic mass is 9.81. The van der Waals surface area contributed by atoms with Crippen LogP contribution in [0.4, 0.5) is 0 Å². The molecule has 0 unspecified atom stereocenters. The van der Waals surface area contributed by atoms with Crippen LogP contribution in [0.15, 0.2) is 23.1 Å². The maximum Gasteiger partial charge on any atom is 0.0112 e. The summed E-state index contributed by atoms with van der Waals surface area (Å²) in [5.74, 6) is 1.27. The van der Waals surface area contributed by atoms with Crippen molar-refractivity contribution in [2.75, 3.05) is 5.75 Å². The summed E-state index contributed by atoms with van der Waals surface area (Å²) in [6, 6.07) is 7.08. The van der Waals surface area contributed by atoms with Crippen LogP contribution in [0.3, 0.4) is 0 Å². The number of thioether (sulfide) groups is 1. The van der Waals surface area contributed by atoms with Crippen LogP contribution in [0.5, 0.6) is 0 Å². The summed E-state index contributed by atoms with van der Waals surface area (Å²) in [6.07, 6.45) is 3.76. The molecule has 0 spiro atoms. The number of fused-ring (bicyclic) bond motifs is 1. The molecular formula is C14H20S. The monoisotopic (exact) mass is 220 g/mol. The van der Waals surface area contributed by atoms with Gasteiger partial charge in [0.15, 0.2) is 0 Å². The second-order valence-corrected chi connectivity index (χ2v) is 6.20. The maximum atomic E-state index is 2.41. The Morgan fingerprint density at radius 2 is 2.13 bits per heavy atom. The molecule has 1 aromatic carbocycles. The summed E-state index contributed by atoms with van der Waals surface area (Å²) >= 11 is 2.03. The van der Waals surface area contributed by atoms with E-state index in [0.717, 1.165) is 0 Å². The van der Waals surface area contributed by atoms with Gasteiger partial charge in [0, 0.05) is 4.90 Å². The van der Waals surface area contributed by atoms with Crippen molar-refractivity contribution in [3.8, 4) is 0 Å². The Labute approximate surface area is 97.5 Å². The second kappa shape index (κ2) is 4.21. The first-order valence-corrected chi connectivity index (χ1v) is 6.88. The molecule has 0 radical (unpaired) electrons. The lowest BCUT2D eigenvalue weighted by molar-refractivity contribution is 0.493. The first-order valence-electron chi connectivity index (χ1n) is 5.90. The van der Waals surface area contributed by atoms with Crippen LogP contribution in [-0.2, 0) is 11.8 Å². The van der Waals surface area contributed by atoms with E-state index in [1.807, 2.05) is 11.8 Å². The average Bonchev–Trinajstić information content (AvgIpc) is 2.17. The average molecular weight is 220 g/mol. The molecule has 82 valence electrons. The molecule has 0 saturated carbocycles. The first-order chi connectivity index (χ1) is 7.13. The number of hydrogen-bond donors (Lipinski definition) is 0. The van der Waals surface area contributed by atoms with Crippen LogP contribution in [-0.4, -0.2) is 5.75 Å². The third-order valence-electron chi connectivity index (χ3n) is 3.30. The van der Waals surface area contributed by atoms with Crippen LogP contribution >= 0.6 is 11.8 Å². The highest BCUT2D eigenvalue weighted by Gasteiger charge is 2.27. The summed E-state index contributed by atoms with van der Waals surface area (Å²) in [7, 11) is 0. The van der Waals surface area contributed by atoms with Gasteiger partial charge in [-0.05, 0) is 41.2 Å². The van der Waals surface area contributed by atoms with E-state index in [1.54, 1.807) is 5.56 Å². The molecule has 1 aromatic rings. The minimum atomic E-state index is 0.380. The van der Waals surface area contributed by atoms with E-state index >= 15 is 0 Å². The quantitative estimate of drug-likeness (QED) is 0.711. The standard InChI is InChI=1S/C14H20S/c1-4-5-11-6-7-12-13(10-11)15-9-8-14(12,2)3/h6-7,10H,4-5,8-9H2,1-3H3. The third-order valence-corrected chi connectivity index (χ3v) is 4.36. The van der Waals surface area contributed by atoms with E-state index in [2.05, 4.69) is 39.0 Å². The lowest BCUT2D eigenvalue weighted by Crippen LogP contribution is -2.22. The van der Waals surface area contributed by atoms with Gasteiger partial charge >= 0.3 is 0 Å². The molecular weight excluding hydrogens is 200 g/mol. The van der Waals surface area contributed by atoms with Gasteiger partial charge in [0.05, 0.1) is 0 Å². The van der Waals surface area contributed by atoms with Crippen molar-refractivity contribution in [2.24, 2.45) is 0 Å². The van der Waals surface area contributed by atoms with Crippen molar-refractivity contribution in [1.82, 2.24) is 0 Å². The molecule has 1 aliphatic rings. The van der Waals surface area contributed by atoms with Gasteiger partial charge in [-0.3, -0.25) is 0 Å². The van der Waals surface area contributed by atoms with Crippen LogP contribution in [0.25, 0.3) is 0 Å². The van der Waals surface area contributed by atoms with Gasteiger partial charge < -0.3 is 0 Å². The van der Waals surface area contributed by atoms with Crippen molar-refractivity contribution in [3.05, 3.63) is 29.3 Å². The lowest BCUT2D eigenvalue weighted by Gasteiger charge is -2.32. The van der Waals surface area contributed by atoms with Gasteiger partial charge in [-0.1, -0.05) is 39.3 Å². The smallest absolute Gasteiger partial charge is 0.0112 e. The van der Waals surface area contributed by atoms with E-state index in [9.17, 15) is 0 Å². The molecule has 2 rings (SSSR count). The van der Waals surface area contributed by atoms with Crippen LogP contribution in [0, 0.1) is 0 Å². The Morgan fingerprint density at radius 3 is 2.87 bits per heavy atom. The molecule has 0 N–H and O–H groups in total. The van der Waals surface area contributed by atoms with Crippen molar-refractivity contribution in [2.45, 2.75) is 50.3 Å². The molecule has 0 atom stereocenters. The predicted octanol–water partition coefficient (Wildman–Crippen LogP) is 4.41. The van der Waals surface area contributed by atoms with E-state index in [4.69, 9.17) is 0 Å². The molecule has 0 aromatic heterocycles. The maximum absolute atomic E-state index is 2.41. The van der Waals surface area contributed by atoms with E-state index in [1.165, 1.54) is 35.5 Å². The summed E-state index contributed by atoms with van der Waals surface area (Å²) in [5, 5.41) is 0. The Kier molecular flexibility index (Phi) is 3.11. The summed E-state index contributed by atoms with van der Waals surface area (Å²) in [4.78, 5) is 1.53. The fraction of sp³-hybridized carbons (Fsp3) is 0.571. The molecule has 0 nitrogen and oxygen atoms in total. The Morgan fingerprint density at radius 1 is 1.33 bits per heavy atom. The zero-order valence-corrected chi connectivity index (χ0v) is 10.8. The molecule has 0 aliphatic carbocycles. The van der Waals surface area contributed by atoms with Crippen LogP contribution in [0.2, 0.25) is 0 Å². The summed E-state index contributed by atoms with van der Waals surface area (Å²) in [5.41, 5.74) is 3.44. The van der Waals surface area contributed by atoms with E-state index in [-0.39, 0.29) is 0 Å². The van der Waals surface area contributed by atoms with Crippen LogP contribution in [0.1, 0.15) is 44.7 Å². The molecule has 1 aliphatic heterocycles. The van der Waals surface area contributed by atoms with E-state index < -0.39 is 0 Å². The molecule has 1 heterocycles. The van der Waals surface area contributed by atoms with Crippen LogP contribution < -0.4 is 0 Å². The minimum Gasteiger partial charge on any atom is -0.126 e. The van der Waals surface area contributed by atoms with Gasteiger partial charge in [-0.25, -0.2) is 0 Å². The topological polar surface area (TPSA) is 0 Å². The summed E-state index contributed by atoms with van der Waals surface area (Å²) in [6.45, 7) is 6.98. The molecule has 0 fully saturated rings. The van der Waals surface area contributed by atoms with Crippen molar-refractivity contribution < 1.29 is 0 Å². The molecule has 15 heavy (non-hydrogen) atoms. The Hall–Kier alpha value is -0.430. The normalized spacial score (nSPS) is 18.6. The summed E-state index contributed by atoms with van der Waals surface area (Å²) < 4.78 is 0. The highest BCUT2D eigenvalue weighted by molar-refractivity contribution is 7.99. The van der Waals surface area contributed by atoms with Gasteiger partial charge in [-0.2, -0.15) is 0 Å². The molecule has 0 saturated heterocycles. The zero-order valence-electron chi connectivity index (χ0n) is 9.97. The predicted molar refractivity (Wildman–Crippen MR) is 68.8 cm³/mol. The number of hydrogen-bond acceptors (Lipinski definition) is 1. The van der Waals surface area contributed by atoms with Gasteiger partial charge in [0.1, 0.15) is 0 Å². The molecule has 1 heteroatoms.